The maximum Gasteiger partial charge on any atom is 0.343 e. The molecule has 9 heteroatoms. The van der Waals surface area contributed by atoms with Gasteiger partial charge < -0.3 is 25.2 Å². The molecule has 0 aromatic heterocycles. The molecule has 0 unspecified atom stereocenters. The van der Waals surface area contributed by atoms with Gasteiger partial charge in [-0.1, -0.05) is 11.6 Å². The fourth-order valence-corrected chi connectivity index (χ4v) is 1.74. The molecule has 126 valence electrons. The summed E-state index contributed by atoms with van der Waals surface area (Å²) in [5, 5.41) is 13.8. The van der Waals surface area contributed by atoms with Gasteiger partial charge in [0.2, 0.25) is 0 Å². The van der Waals surface area contributed by atoms with Crippen LogP contribution in [-0.4, -0.2) is 43.3 Å². The number of aliphatic carboxylic acids is 1. The number of urea groups is 1. The number of nitrogens with one attached hydrogen (secondary N) is 2. The Hall–Kier alpha value is -2.48. The number of carbonyl (C=O) groups excluding carboxylic acids is 2. The first-order valence-electron chi connectivity index (χ1n) is 6.68. The summed E-state index contributed by atoms with van der Waals surface area (Å²) < 4.78 is 9.60. The van der Waals surface area contributed by atoms with E-state index in [2.05, 4.69) is 15.4 Å². The zero-order valence-corrected chi connectivity index (χ0v) is 13.2. The second-order valence-corrected chi connectivity index (χ2v) is 4.80. The third kappa shape index (κ3) is 7.37. The number of amides is 2. The lowest BCUT2D eigenvalue weighted by Crippen LogP contribution is -2.29. The molecule has 0 saturated carbocycles. The fraction of sp³-hybridized carbons (Fsp3) is 0.357. The number of hydrogen-bond acceptors (Lipinski definition) is 5. The van der Waals surface area contributed by atoms with E-state index in [-0.39, 0.29) is 30.3 Å². The number of hydrogen-bond donors (Lipinski definition) is 3. The molecule has 0 aliphatic carbocycles. The average Bonchev–Trinajstić information content (AvgIpc) is 2.50. The molecule has 0 radical (unpaired) electrons. The van der Waals surface area contributed by atoms with Gasteiger partial charge in [-0.3, -0.25) is 4.79 Å². The van der Waals surface area contributed by atoms with Gasteiger partial charge in [0, 0.05) is 18.7 Å². The number of methoxy groups -OCH3 is 1. The number of anilines is 1. The van der Waals surface area contributed by atoms with E-state index in [0.717, 1.165) is 0 Å². The smallest absolute Gasteiger partial charge is 0.343 e. The van der Waals surface area contributed by atoms with Crippen molar-refractivity contribution in [3.05, 3.63) is 23.2 Å². The molecule has 0 aliphatic rings. The van der Waals surface area contributed by atoms with E-state index >= 15 is 0 Å². The molecule has 1 aromatic rings. The number of esters is 1. The summed E-state index contributed by atoms with van der Waals surface area (Å²) in [6, 6.07) is 4.04. The minimum atomic E-state index is -0.915. The molecule has 0 aliphatic heterocycles. The molecular weight excluding hydrogens is 328 g/mol. The van der Waals surface area contributed by atoms with Crippen molar-refractivity contribution in [3.63, 3.8) is 0 Å². The molecule has 0 fully saturated rings. The molecule has 2 amide bonds. The highest BCUT2D eigenvalue weighted by atomic mass is 35.5. The van der Waals surface area contributed by atoms with E-state index in [9.17, 15) is 14.4 Å². The highest BCUT2D eigenvalue weighted by molar-refractivity contribution is 6.32. The Morgan fingerprint density at radius 2 is 2.04 bits per heavy atom. The average molecular weight is 345 g/mol. The van der Waals surface area contributed by atoms with E-state index in [4.69, 9.17) is 21.4 Å². The van der Waals surface area contributed by atoms with Crippen molar-refractivity contribution in [3.8, 4) is 5.75 Å². The quantitative estimate of drug-likeness (QED) is 0.490. The van der Waals surface area contributed by atoms with Crippen molar-refractivity contribution in [1.82, 2.24) is 5.32 Å². The molecule has 3 N–H and O–H groups in total. The van der Waals surface area contributed by atoms with Gasteiger partial charge in [-0.2, -0.15) is 0 Å². The van der Waals surface area contributed by atoms with Crippen LogP contribution in [0.15, 0.2) is 18.2 Å². The molecule has 23 heavy (non-hydrogen) atoms. The zero-order valence-electron chi connectivity index (χ0n) is 12.4. The first-order valence-corrected chi connectivity index (χ1v) is 7.06. The van der Waals surface area contributed by atoms with E-state index in [0.29, 0.717) is 12.1 Å². The molecule has 0 atom stereocenters. The maximum atomic E-state index is 11.6. The van der Waals surface area contributed by atoms with Crippen LogP contribution in [0.4, 0.5) is 10.5 Å². The van der Waals surface area contributed by atoms with Crippen LogP contribution < -0.4 is 15.4 Å². The van der Waals surface area contributed by atoms with Crippen molar-refractivity contribution in [2.75, 3.05) is 25.6 Å². The Morgan fingerprint density at radius 1 is 1.30 bits per heavy atom. The number of benzene rings is 1. The number of carboxylic acid groups (broad SMARTS) is 1. The topological polar surface area (TPSA) is 114 Å². The van der Waals surface area contributed by atoms with Crippen molar-refractivity contribution >= 4 is 35.3 Å². The third-order valence-corrected chi connectivity index (χ3v) is 2.91. The summed E-state index contributed by atoms with van der Waals surface area (Å²) in [7, 11) is 1.25. The number of carboxylic acids is 1. The number of rotatable bonds is 8. The lowest BCUT2D eigenvalue weighted by atomic mass is 10.3. The summed E-state index contributed by atoms with van der Waals surface area (Å²) in [5.41, 5.74) is 0.427. The summed E-state index contributed by atoms with van der Waals surface area (Å²) >= 11 is 5.99. The fourth-order valence-electron chi connectivity index (χ4n) is 1.51. The number of carbonyl (C=O) groups is 3. The third-order valence-electron chi connectivity index (χ3n) is 2.62. The maximum absolute atomic E-state index is 11.6. The van der Waals surface area contributed by atoms with Gasteiger partial charge in [-0.25, -0.2) is 9.59 Å². The summed E-state index contributed by atoms with van der Waals surface area (Å²) in [6.45, 7) is -0.0285. The monoisotopic (exact) mass is 344 g/mol. The predicted molar refractivity (Wildman–Crippen MR) is 82.9 cm³/mol. The summed E-state index contributed by atoms with van der Waals surface area (Å²) in [4.78, 5) is 32.9. The Morgan fingerprint density at radius 3 is 2.65 bits per heavy atom. The minimum Gasteiger partial charge on any atom is -0.481 e. The first kappa shape index (κ1) is 18.6. The lowest BCUT2D eigenvalue weighted by molar-refractivity contribution is -0.143. The SMILES string of the molecule is COC(=O)COc1ccc(NC(=O)NCCCC(=O)O)cc1Cl. The predicted octanol–water partition coefficient (Wildman–Crippen LogP) is 1.88. The van der Waals surface area contributed by atoms with Crippen molar-refractivity contribution in [1.29, 1.82) is 0 Å². The van der Waals surface area contributed by atoms with Crippen LogP contribution >= 0.6 is 11.6 Å². The minimum absolute atomic E-state index is 0.0155. The summed E-state index contributed by atoms with van der Waals surface area (Å²) in [5.74, 6) is -1.17. The van der Waals surface area contributed by atoms with Gasteiger partial charge in [0.1, 0.15) is 5.75 Å². The van der Waals surface area contributed by atoms with E-state index in [1.807, 2.05) is 0 Å². The van der Waals surface area contributed by atoms with E-state index in [1.54, 1.807) is 6.07 Å². The molecule has 0 saturated heterocycles. The number of ether oxygens (including phenoxy) is 2. The van der Waals surface area contributed by atoms with Crippen molar-refractivity contribution in [2.45, 2.75) is 12.8 Å². The summed E-state index contributed by atoms with van der Waals surface area (Å²) in [6.07, 6.45) is 0.322. The molecule has 1 rings (SSSR count). The van der Waals surface area contributed by atoms with E-state index in [1.165, 1.54) is 19.2 Å². The molecular formula is C14H17ClN2O6. The van der Waals surface area contributed by atoms with Crippen LogP contribution in [0.3, 0.4) is 0 Å². The number of halogens is 1. The molecule has 8 nitrogen and oxygen atoms in total. The molecule has 0 bridgehead atoms. The van der Waals surface area contributed by atoms with Crippen LogP contribution in [0.1, 0.15) is 12.8 Å². The molecule has 0 heterocycles. The highest BCUT2D eigenvalue weighted by Gasteiger charge is 2.08. The van der Waals surface area contributed by atoms with Crippen LogP contribution in [-0.2, 0) is 14.3 Å². The zero-order chi connectivity index (χ0) is 17.2. The van der Waals surface area contributed by atoms with Gasteiger partial charge >= 0.3 is 18.0 Å². The van der Waals surface area contributed by atoms with E-state index < -0.39 is 18.0 Å². The first-order chi connectivity index (χ1) is 10.9. The second-order valence-electron chi connectivity index (χ2n) is 4.39. The largest absolute Gasteiger partial charge is 0.481 e. The highest BCUT2D eigenvalue weighted by Crippen LogP contribution is 2.27. The Kier molecular flexibility index (Phi) is 7.69. The van der Waals surface area contributed by atoms with Gasteiger partial charge in [-0.05, 0) is 24.6 Å². The van der Waals surface area contributed by atoms with Crippen molar-refractivity contribution in [2.24, 2.45) is 0 Å². The molecule has 1 aromatic carbocycles. The second kappa shape index (κ2) is 9.52. The lowest BCUT2D eigenvalue weighted by Gasteiger charge is -2.10. The molecule has 0 spiro atoms. The van der Waals surface area contributed by atoms with Crippen molar-refractivity contribution < 1.29 is 29.0 Å². The Balaban J connectivity index is 2.45. The van der Waals surface area contributed by atoms with Gasteiger partial charge in [0.05, 0.1) is 12.1 Å². The van der Waals surface area contributed by atoms with Crippen LogP contribution in [0.2, 0.25) is 5.02 Å². The van der Waals surface area contributed by atoms with Crippen LogP contribution in [0, 0.1) is 0 Å². The Labute approximate surface area is 137 Å². The van der Waals surface area contributed by atoms with Crippen LogP contribution in [0.25, 0.3) is 0 Å². The Bertz CT molecular complexity index is 578. The normalized spacial score (nSPS) is 9.83. The van der Waals surface area contributed by atoms with Gasteiger partial charge in [0.25, 0.3) is 0 Å². The van der Waals surface area contributed by atoms with Gasteiger partial charge in [0.15, 0.2) is 6.61 Å². The van der Waals surface area contributed by atoms with Gasteiger partial charge in [-0.15, -0.1) is 0 Å². The van der Waals surface area contributed by atoms with Crippen LogP contribution in [0.5, 0.6) is 5.75 Å². The standard InChI is InChI=1S/C14H17ClN2O6/c1-22-13(20)8-23-11-5-4-9(7-10(11)15)17-14(21)16-6-2-3-12(18)19/h4-5,7H,2-3,6,8H2,1H3,(H,18,19)(H2,16,17,21).